The molecule has 3 nitrogen and oxygen atoms in total. The minimum atomic E-state index is -0.563. The topological polar surface area (TPSA) is 27.7 Å². The van der Waals surface area contributed by atoms with Crippen molar-refractivity contribution in [3.63, 3.8) is 0 Å². The predicted octanol–water partition coefficient (Wildman–Crippen LogP) is 7.58. The first-order valence-electron chi connectivity index (χ1n) is 12.3. The zero-order valence-electron chi connectivity index (χ0n) is 19.2. The first-order valence-corrected chi connectivity index (χ1v) is 12.3. The molecule has 1 atom stereocenters. The maximum Gasteiger partial charge on any atom is 0.195 e. The Balaban J connectivity index is 2.68. The lowest BCUT2D eigenvalue weighted by atomic mass is 9.96. The lowest BCUT2D eigenvalue weighted by Crippen LogP contribution is -2.49. The van der Waals surface area contributed by atoms with Crippen molar-refractivity contribution in [2.24, 2.45) is 0 Å². The highest BCUT2D eigenvalue weighted by atomic mass is 16.7. The first-order chi connectivity index (χ1) is 13.8. The summed E-state index contributed by atoms with van der Waals surface area (Å²) in [5, 5.41) is 0. The summed E-state index contributed by atoms with van der Waals surface area (Å²) >= 11 is 0. The van der Waals surface area contributed by atoms with E-state index in [1.165, 1.54) is 70.6 Å². The molecule has 1 rings (SSSR count). The van der Waals surface area contributed by atoms with E-state index in [0.717, 1.165) is 32.3 Å². The molecule has 0 aromatic rings. The van der Waals surface area contributed by atoms with Gasteiger partial charge in [-0.15, -0.1) is 0 Å². The average molecular weight is 397 g/mol. The maximum absolute atomic E-state index is 6.47. The standard InChI is InChI=1S/C25H48O3/c1-4-7-10-13-14-19-24(26-21-16-12-9-6-3)25(20-15-11-8-5-2)27-22-17-18-23-28-25/h17-18,24H,4-16,19-23H2,1-3H3. The smallest absolute Gasteiger partial charge is 0.195 e. The zero-order chi connectivity index (χ0) is 20.3. The van der Waals surface area contributed by atoms with Gasteiger partial charge in [-0.25, -0.2) is 0 Å². The van der Waals surface area contributed by atoms with Crippen molar-refractivity contribution in [2.75, 3.05) is 19.8 Å². The molecule has 0 spiro atoms. The van der Waals surface area contributed by atoms with Crippen LogP contribution in [-0.4, -0.2) is 31.7 Å². The normalized spacial score (nSPS) is 17.5. The van der Waals surface area contributed by atoms with Crippen LogP contribution in [0.2, 0.25) is 0 Å². The summed E-state index contributed by atoms with van der Waals surface area (Å²) in [5.74, 6) is -0.563. The fraction of sp³-hybridized carbons (Fsp3) is 0.920. The second-order valence-corrected chi connectivity index (χ2v) is 8.34. The molecule has 3 heteroatoms. The number of hydrogen-bond donors (Lipinski definition) is 0. The second kappa shape index (κ2) is 17.5. The summed E-state index contributed by atoms with van der Waals surface area (Å²) in [6, 6.07) is 0. The summed E-state index contributed by atoms with van der Waals surface area (Å²) in [5.41, 5.74) is 0. The fourth-order valence-corrected chi connectivity index (χ4v) is 3.96. The fourth-order valence-electron chi connectivity index (χ4n) is 3.96. The Labute approximate surface area is 175 Å². The van der Waals surface area contributed by atoms with Crippen molar-refractivity contribution in [3.05, 3.63) is 12.2 Å². The number of ether oxygens (including phenoxy) is 3. The van der Waals surface area contributed by atoms with Gasteiger partial charge in [-0.3, -0.25) is 0 Å². The van der Waals surface area contributed by atoms with Crippen LogP contribution in [0, 0.1) is 0 Å². The molecule has 1 heterocycles. The minimum Gasteiger partial charge on any atom is -0.373 e. The van der Waals surface area contributed by atoms with E-state index in [1.807, 2.05) is 0 Å². The third-order valence-electron chi connectivity index (χ3n) is 5.77. The molecule has 0 aliphatic carbocycles. The van der Waals surface area contributed by atoms with Crippen LogP contribution in [0.4, 0.5) is 0 Å². The van der Waals surface area contributed by atoms with E-state index in [4.69, 9.17) is 14.2 Å². The predicted molar refractivity (Wildman–Crippen MR) is 120 cm³/mol. The van der Waals surface area contributed by atoms with Gasteiger partial charge in [0.2, 0.25) is 0 Å². The zero-order valence-corrected chi connectivity index (χ0v) is 19.2. The Hall–Kier alpha value is -0.380. The van der Waals surface area contributed by atoms with Crippen LogP contribution in [0.25, 0.3) is 0 Å². The molecule has 0 amide bonds. The Kier molecular flexibility index (Phi) is 16.0. The largest absolute Gasteiger partial charge is 0.373 e. The third kappa shape index (κ3) is 11.0. The summed E-state index contributed by atoms with van der Waals surface area (Å²) < 4.78 is 19.2. The van der Waals surface area contributed by atoms with E-state index in [1.54, 1.807) is 0 Å². The molecule has 0 bridgehead atoms. The van der Waals surface area contributed by atoms with Gasteiger partial charge in [0.15, 0.2) is 5.79 Å². The van der Waals surface area contributed by atoms with Gasteiger partial charge in [0.05, 0.1) is 13.2 Å². The van der Waals surface area contributed by atoms with E-state index >= 15 is 0 Å². The van der Waals surface area contributed by atoms with Crippen molar-refractivity contribution in [3.8, 4) is 0 Å². The van der Waals surface area contributed by atoms with Gasteiger partial charge in [-0.1, -0.05) is 104 Å². The van der Waals surface area contributed by atoms with Crippen molar-refractivity contribution >= 4 is 0 Å². The number of hydrogen-bond acceptors (Lipinski definition) is 3. The molecule has 0 aromatic carbocycles. The summed E-state index contributed by atoms with van der Waals surface area (Å²) in [6.45, 7) is 8.89. The molecular formula is C25H48O3. The quantitative estimate of drug-likeness (QED) is 0.176. The van der Waals surface area contributed by atoms with E-state index in [9.17, 15) is 0 Å². The Morgan fingerprint density at radius 1 is 0.714 bits per heavy atom. The lowest BCUT2D eigenvalue weighted by molar-refractivity contribution is -0.286. The number of unbranched alkanes of at least 4 members (excludes halogenated alkanes) is 10. The van der Waals surface area contributed by atoms with Crippen LogP contribution in [0.3, 0.4) is 0 Å². The molecule has 0 fully saturated rings. The summed E-state index contributed by atoms with van der Waals surface area (Å²) in [7, 11) is 0. The van der Waals surface area contributed by atoms with E-state index < -0.39 is 5.79 Å². The van der Waals surface area contributed by atoms with Crippen LogP contribution < -0.4 is 0 Å². The molecule has 28 heavy (non-hydrogen) atoms. The van der Waals surface area contributed by atoms with E-state index in [2.05, 4.69) is 32.9 Å². The Morgan fingerprint density at radius 2 is 1.25 bits per heavy atom. The first kappa shape index (κ1) is 25.7. The van der Waals surface area contributed by atoms with Gasteiger partial charge in [-0.05, 0) is 19.3 Å². The molecular weight excluding hydrogens is 348 g/mol. The Bertz CT molecular complexity index is 343. The molecule has 0 aromatic heterocycles. The van der Waals surface area contributed by atoms with Crippen molar-refractivity contribution < 1.29 is 14.2 Å². The van der Waals surface area contributed by atoms with Gasteiger partial charge in [0.25, 0.3) is 0 Å². The van der Waals surface area contributed by atoms with E-state index in [0.29, 0.717) is 13.2 Å². The van der Waals surface area contributed by atoms with Gasteiger partial charge in [0.1, 0.15) is 6.10 Å². The molecule has 0 saturated carbocycles. The highest BCUT2D eigenvalue weighted by molar-refractivity contribution is 4.91. The highest BCUT2D eigenvalue weighted by Crippen LogP contribution is 2.33. The lowest BCUT2D eigenvalue weighted by Gasteiger charge is -2.39. The van der Waals surface area contributed by atoms with Crippen LogP contribution in [0.1, 0.15) is 117 Å². The third-order valence-corrected chi connectivity index (χ3v) is 5.77. The van der Waals surface area contributed by atoms with Crippen LogP contribution >= 0.6 is 0 Å². The summed E-state index contributed by atoms with van der Waals surface area (Å²) in [6.07, 6.45) is 22.6. The molecule has 1 aliphatic rings. The van der Waals surface area contributed by atoms with Crippen LogP contribution in [-0.2, 0) is 14.2 Å². The Morgan fingerprint density at radius 3 is 1.86 bits per heavy atom. The van der Waals surface area contributed by atoms with Gasteiger partial charge in [0, 0.05) is 13.0 Å². The van der Waals surface area contributed by atoms with E-state index in [-0.39, 0.29) is 6.10 Å². The monoisotopic (exact) mass is 396 g/mol. The van der Waals surface area contributed by atoms with Gasteiger partial charge in [-0.2, -0.15) is 0 Å². The van der Waals surface area contributed by atoms with Gasteiger partial charge < -0.3 is 14.2 Å². The van der Waals surface area contributed by atoms with Crippen LogP contribution in [0.15, 0.2) is 12.2 Å². The molecule has 1 aliphatic heterocycles. The molecule has 0 saturated heterocycles. The number of rotatable bonds is 18. The molecule has 0 N–H and O–H groups in total. The summed E-state index contributed by atoms with van der Waals surface area (Å²) in [4.78, 5) is 0. The minimum absolute atomic E-state index is 0.0530. The van der Waals surface area contributed by atoms with Crippen molar-refractivity contribution in [1.82, 2.24) is 0 Å². The molecule has 166 valence electrons. The maximum atomic E-state index is 6.47. The van der Waals surface area contributed by atoms with Crippen LogP contribution in [0.5, 0.6) is 0 Å². The average Bonchev–Trinajstić information content (AvgIpc) is 2.96. The second-order valence-electron chi connectivity index (χ2n) is 8.34. The van der Waals surface area contributed by atoms with Crippen molar-refractivity contribution in [2.45, 2.75) is 129 Å². The SMILES string of the molecule is CCCCCCCC(OCCCCCC)C1(CCCCCC)OCC=CCO1. The molecule has 1 unspecified atom stereocenters. The highest BCUT2D eigenvalue weighted by Gasteiger charge is 2.41. The molecule has 0 radical (unpaired) electrons. The van der Waals surface area contributed by atoms with Crippen molar-refractivity contribution in [1.29, 1.82) is 0 Å². The van der Waals surface area contributed by atoms with Gasteiger partial charge >= 0.3 is 0 Å².